The molecule has 1 saturated heterocycles. The van der Waals surface area contributed by atoms with Crippen LogP contribution in [0.4, 0.5) is 11.4 Å². The van der Waals surface area contributed by atoms with Crippen molar-refractivity contribution in [1.29, 1.82) is 0 Å². The van der Waals surface area contributed by atoms with Crippen molar-refractivity contribution in [1.82, 2.24) is 0 Å². The van der Waals surface area contributed by atoms with Crippen LogP contribution in [0.5, 0.6) is 0 Å². The molecule has 1 unspecified atom stereocenters. The predicted octanol–water partition coefficient (Wildman–Crippen LogP) is 1.73. The summed E-state index contributed by atoms with van der Waals surface area (Å²) >= 11 is 0. The van der Waals surface area contributed by atoms with Gasteiger partial charge in [-0.2, -0.15) is 0 Å². The zero-order chi connectivity index (χ0) is 14.0. The number of anilines is 2. The van der Waals surface area contributed by atoms with Crippen LogP contribution in [0.2, 0.25) is 0 Å². The molecule has 1 aromatic carbocycles. The fraction of sp³-hybridized carbons (Fsp3) is 0.625. The third kappa shape index (κ3) is 2.50. The normalized spacial score (nSPS) is 26.5. The minimum absolute atomic E-state index is 0.0960. The van der Waals surface area contributed by atoms with Gasteiger partial charge in [-0.1, -0.05) is 12.1 Å². The highest BCUT2D eigenvalue weighted by atomic mass is 16.5. The molecule has 1 fully saturated rings. The summed E-state index contributed by atoms with van der Waals surface area (Å²) in [5.74, 6) is 0. The van der Waals surface area contributed by atoms with Crippen molar-refractivity contribution in [2.45, 2.75) is 12.8 Å². The Bertz CT molecular complexity index is 458. The van der Waals surface area contributed by atoms with Crippen molar-refractivity contribution in [2.24, 2.45) is 5.41 Å². The van der Waals surface area contributed by atoms with Gasteiger partial charge in [-0.05, 0) is 25.0 Å². The number of rotatable bonds is 3. The van der Waals surface area contributed by atoms with E-state index in [0.717, 1.165) is 39.1 Å². The Hall–Kier alpha value is -1.26. The number of benzene rings is 1. The molecule has 2 heterocycles. The first-order chi connectivity index (χ1) is 9.74. The van der Waals surface area contributed by atoms with Crippen LogP contribution in [-0.2, 0) is 4.74 Å². The molecule has 0 aliphatic carbocycles. The minimum Gasteiger partial charge on any atom is -0.396 e. The smallest absolute Gasteiger partial charge is 0.0604 e. The lowest BCUT2D eigenvalue weighted by Crippen LogP contribution is -2.49. The first-order valence-electron chi connectivity index (χ1n) is 7.48. The van der Waals surface area contributed by atoms with Crippen LogP contribution in [0, 0.1) is 5.41 Å². The molecule has 0 radical (unpaired) electrons. The van der Waals surface area contributed by atoms with E-state index in [1.54, 1.807) is 0 Å². The van der Waals surface area contributed by atoms with Crippen molar-refractivity contribution < 1.29 is 9.84 Å². The van der Waals surface area contributed by atoms with Gasteiger partial charge in [0.1, 0.15) is 0 Å². The topological polar surface area (TPSA) is 35.9 Å². The van der Waals surface area contributed by atoms with E-state index < -0.39 is 0 Å². The Morgan fingerprint density at radius 1 is 1.25 bits per heavy atom. The molecule has 20 heavy (non-hydrogen) atoms. The Labute approximate surface area is 120 Å². The number of fused-ring (bicyclic) bond motifs is 1. The molecule has 2 aliphatic heterocycles. The summed E-state index contributed by atoms with van der Waals surface area (Å²) in [5.41, 5.74) is 2.46. The zero-order valence-electron chi connectivity index (χ0n) is 12.2. The van der Waals surface area contributed by atoms with E-state index in [0.29, 0.717) is 6.61 Å². The van der Waals surface area contributed by atoms with E-state index in [4.69, 9.17) is 4.74 Å². The maximum Gasteiger partial charge on any atom is 0.0604 e. The van der Waals surface area contributed by atoms with Gasteiger partial charge in [0.2, 0.25) is 0 Å². The van der Waals surface area contributed by atoms with E-state index in [2.05, 4.69) is 41.1 Å². The number of hydrogen-bond acceptors (Lipinski definition) is 4. The van der Waals surface area contributed by atoms with Crippen LogP contribution < -0.4 is 9.80 Å². The van der Waals surface area contributed by atoms with Gasteiger partial charge in [-0.25, -0.2) is 0 Å². The zero-order valence-corrected chi connectivity index (χ0v) is 12.2. The van der Waals surface area contributed by atoms with Crippen molar-refractivity contribution in [3.05, 3.63) is 24.3 Å². The van der Waals surface area contributed by atoms with Gasteiger partial charge >= 0.3 is 0 Å². The number of likely N-dealkylation sites (N-methyl/N-ethyl adjacent to an activating group) is 1. The molecule has 0 spiro atoms. The molecule has 0 saturated carbocycles. The van der Waals surface area contributed by atoms with Gasteiger partial charge in [0.15, 0.2) is 0 Å². The van der Waals surface area contributed by atoms with Gasteiger partial charge in [0.05, 0.1) is 24.6 Å². The molecule has 0 amide bonds. The van der Waals surface area contributed by atoms with E-state index in [-0.39, 0.29) is 12.0 Å². The second kappa shape index (κ2) is 5.62. The molecule has 4 heteroatoms. The van der Waals surface area contributed by atoms with E-state index in [1.807, 2.05) is 0 Å². The highest BCUT2D eigenvalue weighted by Gasteiger charge is 2.35. The van der Waals surface area contributed by atoms with Crippen LogP contribution in [0.25, 0.3) is 0 Å². The number of ether oxygens (including phenoxy) is 1. The monoisotopic (exact) mass is 276 g/mol. The van der Waals surface area contributed by atoms with Crippen molar-refractivity contribution in [2.75, 3.05) is 56.3 Å². The third-order valence-electron chi connectivity index (χ3n) is 4.60. The largest absolute Gasteiger partial charge is 0.396 e. The lowest BCUT2D eigenvalue weighted by atomic mass is 9.82. The van der Waals surface area contributed by atoms with Gasteiger partial charge in [0, 0.05) is 38.7 Å². The molecule has 1 N–H and O–H groups in total. The second-order valence-electron chi connectivity index (χ2n) is 6.15. The summed E-state index contributed by atoms with van der Waals surface area (Å²) in [6.45, 7) is 4.64. The average molecular weight is 276 g/mol. The van der Waals surface area contributed by atoms with Gasteiger partial charge in [-0.15, -0.1) is 0 Å². The fourth-order valence-corrected chi connectivity index (χ4v) is 3.34. The first kappa shape index (κ1) is 13.7. The maximum atomic E-state index is 9.86. The minimum atomic E-state index is -0.0960. The Balaban J connectivity index is 1.82. The molecule has 0 aromatic heterocycles. The van der Waals surface area contributed by atoms with Gasteiger partial charge in [-0.3, -0.25) is 0 Å². The number of para-hydroxylation sites is 2. The number of aliphatic hydroxyl groups excluding tert-OH is 1. The van der Waals surface area contributed by atoms with Crippen LogP contribution in [0.3, 0.4) is 0 Å². The molecule has 0 bridgehead atoms. The second-order valence-corrected chi connectivity index (χ2v) is 6.15. The van der Waals surface area contributed by atoms with Gasteiger partial charge in [0.25, 0.3) is 0 Å². The SMILES string of the molecule is CN1CCN(CC2(CO)CCCOC2)c2ccccc21. The molecule has 1 aromatic rings. The highest BCUT2D eigenvalue weighted by Crippen LogP contribution is 2.36. The third-order valence-corrected chi connectivity index (χ3v) is 4.60. The van der Waals surface area contributed by atoms with E-state index >= 15 is 0 Å². The Morgan fingerprint density at radius 2 is 2.05 bits per heavy atom. The van der Waals surface area contributed by atoms with Gasteiger partial charge < -0.3 is 19.6 Å². The fourth-order valence-electron chi connectivity index (χ4n) is 3.34. The quantitative estimate of drug-likeness (QED) is 0.912. The highest BCUT2D eigenvalue weighted by molar-refractivity contribution is 5.73. The maximum absolute atomic E-state index is 9.86. The number of hydrogen-bond donors (Lipinski definition) is 1. The summed E-state index contributed by atoms with van der Waals surface area (Å²) in [5, 5.41) is 9.86. The number of nitrogens with zero attached hydrogens (tertiary/aromatic N) is 2. The summed E-state index contributed by atoms with van der Waals surface area (Å²) in [7, 11) is 2.14. The van der Waals surface area contributed by atoms with Crippen molar-refractivity contribution in [3.8, 4) is 0 Å². The molecule has 2 aliphatic rings. The van der Waals surface area contributed by atoms with E-state index in [9.17, 15) is 5.11 Å². The van der Waals surface area contributed by atoms with Crippen molar-refractivity contribution >= 4 is 11.4 Å². The molecule has 3 rings (SSSR count). The lowest BCUT2D eigenvalue weighted by Gasteiger charge is -2.44. The average Bonchev–Trinajstić information content (AvgIpc) is 2.51. The number of aliphatic hydroxyl groups is 1. The molecular formula is C16H24N2O2. The van der Waals surface area contributed by atoms with Crippen LogP contribution >= 0.6 is 0 Å². The first-order valence-corrected chi connectivity index (χ1v) is 7.48. The van der Waals surface area contributed by atoms with Crippen molar-refractivity contribution in [3.63, 3.8) is 0 Å². The molecule has 1 atom stereocenters. The van der Waals surface area contributed by atoms with Crippen LogP contribution in [-0.4, -0.2) is 51.6 Å². The molecular weight excluding hydrogens is 252 g/mol. The Kier molecular flexibility index (Phi) is 3.85. The Morgan fingerprint density at radius 3 is 2.75 bits per heavy atom. The summed E-state index contributed by atoms with van der Waals surface area (Å²) in [6.07, 6.45) is 2.11. The summed E-state index contributed by atoms with van der Waals surface area (Å²) < 4.78 is 5.63. The summed E-state index contributed by atoms with van der Waals surface area (Å²) in [6, 6.07) is 8.53. The summed E-state index contributed by atoms with van der Waals surface area (Å²) in [4.78, 5) is 4.72. The standard InChI is InChI=1S/C16H24N2O2/c1-17-8-9-18(15-6-3-2-5-14(15)17)11-16(12-19)7-4-10-20-13-16/h2-3,5-6,19H,4,7-13H2,1H3. The molecule has 4 nitrogen and oxygen atoms in total. The lowest BCUT2D eigenvalue weighted by molar-refractivity contribution is -0.0336. The molecule has 110 valence electrons. The van der Waals surface area contributed by atoms with Crippen LogP contribution in [0.15, 0.2) is 24.3 Å². The van der Waals surface area contributed by atoms with Crippen LogP contribution in [0.1, 0.15) is 12.8 Å². The van der Waals surface area contributed by atoms with E-state index in [1.165, 1.54) is 11.4 Å². The predicted molar refractivity (Wildman–Crippen MR) is 81.5 cm³/mol.